The summed E-state index contributed by atoms with van der Waals surface area (Å²) in [6.07, 6.45) is 0. The fourth-order valence-corrected chi connectivity index (χ4v) is 1.43. The van der Waals surface area contributed by atoms with Crippen molar-refractivity contribution in [3.8, 4) is 0 Å². The fourth-order valence-electron chi connectivity index (χ4n) is 1.43. The SMILES string of the molecule is CCOC(=O)c1noc(C(C)(C)C)c1C. The van der Waals surface area contributed by atoms with Crippen molar-refractivity contribution < 1.29 is 14.1 Å². The van der Waals surface area contributed by atoms with Crippen molar-refractivity contribution in [2.24, 2.45) is 0 Å². The molecule has 0 N–H and O–H groups in total. The summed E-state index contributed by atoms with van der Waals surface area (Å²) in [6.45, 7) is 9.96. The van der Waals surface area contributed by atoms with Crippen molar-refractivity contribution in [3.63, 3.8) is 0 Å². The minimum Gasteiger partial charge on any atom is -0.461 e. The Morgan fingerprint density at radius 1 is 1.47 bits per heavy atom. The highest BCUT2D eigenvalue weighted by molar-refractivity contribution is 5.88. The summed E-state index contributed by atoms with van der Waals surface area (Å²) in [7, 11) is 0. The van der Waals surface area contributed by atoms with Gasteiger partial charge in [0.1, 0.15) is 5.76 Å². The summed E-state index contributed by atoms with van der Waals surface area (Å²) in [5.74, 6) is 0.305. The number of aromatic nitrogens is 1. The van der Waals surface area contributed by atoms with Crippen molar-refractivity contribution in [2.45, 2.75) is 40.0 Å². The van der Waals surface area contributed by atoms with Gasteiger partial charge in [-0.05, 0) is 13.8 Å². The Balaban J connectivity index is 3.04. The van der Waals surface area contributed by atoms with Crippen LogP contribution in [0.4, 0.5) is 0 Å². The molecule has 0 aliphatic heterocycles. The van der Waals surface area contributed by atoms with Crippen LogP contribution in [0.2, 0.25) is 0 Å². The summed E-state index contributed by atoms with van der Waals surface area (Å²) in [6, 6.07) is 0. The molecule has 0 saturated heterocycles. The highest BCUT2D eigenvalue weighted by atomic mass is 16.5. The largest absolute Gasteiger partial charge is 0.461 e. The van der Waals surface area contributed by atoms with Gasteiger partial charge in [-0.2, -0.15) is 0 Å². The number of hydrogen-bond donors (Lipinski definition) is 0. The van der Waals surface area contributed by atoms with Crippen LogP contribution >= 0.6 is 0 Å². The third kappa shape index (κ3) is 2.37. The minimum atomic E-state index is -0.422. The zero-order valence-corrected chi connectivity index (χ0v) is 9.88. The van der Waals surface area contributed by atoms with E-state index < -0.39 is 5.97 Å². The maximum atomic E-state index is 11.5. The first-order valence-electron chi connectivity index (χ1n) is 5.01. The number of rotatable bonds is 2. The van der Waals surface area contributed by atoms with Gasteiger partial charge in [-0.3, -0.25) is 0 Å². The van der Waals surface area contributed by atoms with E-state index in [4.69, 9.17) is 9.26 Å². The van der Waals surface area contributed by atoms with E-state index in [1.807, 2.05) is 27.7 Å². The monoisotopic (exact) mass is 211 g/mol. The smallest absolute Gasteiger partial charge is 0.360 e. The summed E-state index contributed by atoms with van der Waals surface area (Å²) in [5, 5.41) is 3.75. The molecule has 0 spiro atoms. The molecule has 1 rings (SSSR count). The van der Waals surface area contributed by atoms with Crippen molar-refractivity contribution in [1.29, 1.82) is 0 Å². The van der Waals surface area contributed by atoms with Gasteiger partial charge in [0.25, 0.3) is 0 Å². The van der Waals surface area contributed by atoms with Crippen LogP contribution in [0.15, 0.2) is 4.52 Å². The number of carbonyl (C=O) groups excluding carboxylic acids is 1. The van der Waals surface area contributed by atoms with Crippen molar-refractivity contribution in [1.82, 2.24) is 5.16 Å². The van der Waals surface area contributed by atoms with E-state index in [2.05, 4.69) is 5.16 Å². The Hall–Kier alpha value is -1.32. The number of carbonyl (C=O) groups is 1. The van der Waals surface area contributed by atoms with Crippen molar-refractivity contribution in [3.05, 3.63) is 17.0 Å². The highest BCUT2D eigenvalue weighted by Gasteiger charge is 2.27. The molecule has 0 fully saturated rings. The maximum absolute atomic E-state index is 11.5. The van der Waals surface area contributed by atoms with E-state index in [0.29, 0.717) is 6.61 Å². The van der Waals surface area contributed by atoms with Gasteiger partial charge in [0.2, 0.25) is 0 Å². The summed E-state index contributed by atoms with van der Waals surface area (Å²) >= 11 is 0. The lowest BCUT2D eigenvalue weighted by atomic mass is 9.90. The third-order valence-electron chi connectivity index (χ3n) is 2.07. The second-order valence-electron chi connectivity index (χ2n) is 4.46. The number of hydrogen-bond acceptors (Lipinski definition) is 4. The molecule has 0 bridgehead atoms. The van der Waals surface area contributed by atoms with Crippen LogP contribution in [0.3, 0.4) is 0 Å². The predicted molar refractivity (Wildman–Crippen MR) is 55.9 cm³/mol. The summed E-state index contributed by atoms with van der Waals surface area (Å²) < 4.78 is 10.0. The van der Waals surface area contributed by atoms with Gasteiger partial charge in [-0.25, -0.2) is 4.79 Å². The van der Waals surface area contributed by atoms with Crippen LogP contribution in [0, 0.1) is 6.92 Å². The normalized spacial score (nSPS) is 11.5. The lowest BCUT2D eigenvalue weighted by molar-refractivity contribution is 0.0513. The molecular formula is C11H17NO3. The Bertz CT molecular complexity index is 360. The number of ether oxygens (including phenoxy) is 1. The zero-order chi connectivity index (χ0) is 11.6. The van der Waals surface area contributed by atoms with Crippen LogP contribution in [0.25, 0.3) is 0 Å². The quantitative estimate of drug-likeness (QED) is 0.705. The molecule has 0 aliphatic carbocycles. The first-order valence-corrected chi connectivity index (χ1v) is 5.01. The highest BCUT2D eigenvalue weighted by Crippen LogP contribution is 2.27. The van der Waals surface area contributed by atoms with Crippen LogP contribution in [0.1, 0.15) is 49.5 Å². The van der Waals surface area contributed by atoms with Crippen LogP contribution in [-0.4, -0.2) is 17.7 Å². The lowest BCUT2D eigenvalue weighted by Gasteiger charge is -2.14. The summed E-state index contributed by atoms with van der Waals surface area (Å²) in [5.41, 5.74) is 0.893. The molecule has 0 aromatic carbocycles. The number of nitrogens with zero attached hydrogens (tertiary/aromatic N) is 1. The Morgan fingerprint density at radius 3 is 2.47 bits per heavy atom. The average molecular weight is 211 g/mol. The van der Waals surface area contributed by atoms with Crippen LogP contribution in [-0.2, 0) is 10.2 Å². The Labute approximate surface area is 89.6 Å². The van der Waals surface area contributed by atoms with E-state index in [1.54, 1.807) is 6.92 Å². The van der Waals surface area contributed by atoms with Gasteiger partial charge in [0.15, 0.2) is 5.69 Å². The molecule has 0 radical (unpaired) electrons. The molecule has 1 aromatic heterocycles. The van der Waals surface area contributed by atoms with Gasteiger partial charge in [-0.15, -0.1) is 0 Å². The Morgan fingerprint density at radius 2 is 2.07 bits per heavy atom. The molecule has 15 heavy (non-hydrogen) atoms. The fraction of sp³-hybridized carbons (Fsp3) is 0.636. The van der Waals surface area contributed by atoms with Crippen LogP contribution in [0.5, 0.6) is 0 Å². The maximum Gasteiger partial charge on any atom is 0.360 e. The molecule has 0 saturated carbocycles. The van der Waals surface area contributed by atoms with E-state index in [9.17, 15) is 4.79 Å². The van der Waals surface area contributed by atoms with Gasteiger partial charge >= 0.3 is 5.97 Å². The van der Waals surface area contributed by atoms with E-state index >= 15 is 0 Å². The van der Waals surface area contributed by atoms with Gasteiger partial charge < -0.3 is 9.26 Å². The topological polar surface area (TPSA) is 52.3 Å². The first kappa shape index (κ1) is 11.8. The first-order chi connectivity index (χ1) is 6.88. The lowest BCUT2D eigenvalue weighted by Crippen LogP contribution is -2.12. The molecule has 4 heteroatoms. The number of esters is 1. The Kier molecular flexibility index (Phi) is 3.17. The van der Waals surface area contributed by atoms with E-state index in [1.165, 1.54) is 0 Å². The minimum absolute atomic E-state index is 0.151. The molecule has 0 aliphatic rings. The molecule has 0 unspecified atom stereocenters. The molecule has 1 aromatic rings. The standard InChI is InChI=1S/C11H17NO3/c1-6-14-10(13)8-7(2)9(15-12-8)11(3,4)5/h6H2,1-5H3. The molecular weight excluding hydrogens is 194 g/mol. The van der Waals surface area contributed by atoms with Gasteiger partial charge in [-0.1, -0.05) is 25.9 Å². The molecule has 4 nitrogen and oxygen atoms in total. The molecule has 84 valence electrons. The second kappa shape index (κ2) is 4.04. The molecule has 0 atom stereocenters. The zero-order valence-electron chi connectivity index (χ0n) is 9.88. The third-order valence-corrected chi connectivity index (χ3v) is 2.07. The van der Waals surface area contributed by atoms with Crippen molar-refractivity contribution in [2.75, 3.05) is 6.61 Å². The van der Waals surface area contributed by atoms with Crippen LogP contribution < -0.4 is 0 Å². The van der Waals surface area contributed by atoms with Gasteiger partial charge in [0, 0.05) is 11.0 Å². The molecule has 0 amide bonds. The average Bonchev–Trinajstić information content (AvgIpc) is 2.46. The molecule has 1 heterocycles. The van der Waals surface area contributed by atoms with E-state index in [0.717, 1.165) is 11.3 Å². The second-order valence-corrected chi connectivity index (χ2v) is 4.46. The predicted octanol–water partition coefficient (Wildman–Crippen LogP) is 2.46. The van der Waals surface area contributed by atoms with Crippen molar-refractivity contribution >= 4 is 5.97 Å². The van der Waals surface area contributed by atoms with E-state index in [-0.39, 0.29) is 11.1 Å². The summed E-state index contributed by atoms with van der Waals surface area (Å²) in [4.78, 5) is 11.5. The van der Waals surface area contributed by atoms with Gasteiger partial charge in [0.05, 0.1) is 6.61 Å².